The first-order valence-electron chi connectivity index (χ1n) is 25.3. The molecule has 11 heteroatoms. The molecule has 0 saturated heterocycles. The van der Waals surface area contributed by atoms with Crippen molar-refractivity contribution in [2.45, 2.75) is 206 Å². The van der Waals surface area contributed by atoms with Gasteiger partial charge in [-0.3, -0.25) is 18.6 Å². The lowest BCUT2D eigenvalue weighted by Crippen LogP contribution is -2.34. The van der Waals surface area contributed by atoms with Crippen molar-refractivity contribution >= 4 is 19.8 Å². The molecule has 3 atom stereocenters. The summed E-state index contributed by atoms with van der Waals surface area (Å²) in [5.41, 5.74) is 5.37. The molecule has 0 aromatic heterocycles. The van der Waals surface area contributed by atoms with Crippen LogP contribution in [0.5, 0.6) is 0 Å². The molecule has 0 aliphatic carbocycles. The standard InChI is InChI=1S/C54H92NO9P/c1-3-5-7-9-11-13-15-17-19-21-23-25-26-27-28-30-32-34-36-38-40-42-44-46-53(56)64-51(49-62-65(59,60)63-50-52(55)54(57)58)48-61-47-45-43-41-39-37-35-33-31-29-24-22-20-18-16-14-12-10-8-6-4-2/h5,7,11-14,17-20,23-25,27-29,51-52H,3-4,6,8-10,15-16,21-22,26,30-50,55H2,1-2H3,(H,57,58)(H,59,60)/b7-5-,13-11-,14-12-,19-17-,20-18-,25-23-,28-27-,29-24-. The summed E-state index contributed by atoms with van der Waals surface area (Å²) in [6.07, 6.45) is 64.5. The van der Waals surface area contributed by atoms with Gasteiger partial charge in [0.15, 0.2) is 0 Å². The van der Waals surface area contributed by atoms with E-state index in [1.165, 1.54) is 70.6 Å². The van der Waals surface area contributed by atoms with E-state index in [4.69, 9.17) is 29.4 Å². The Hall–Kier alpha value is -3.11. The molecule has 0 rings (SSSR count). The molecule has 372 valence electrons. The number of hydrogen-bond donors (Lipinski definition) is 3. The molecule has 4 N–H and O–H groups in total. The summed E-state index contributed by atoms with van der Waals surface area (Å²) in [7, 11) is -4.64. The molecule has 0 spiro atoms. The molecule has 0 bridgehead atoms. The highest BCUT2D eigenvalue weighted by molar-refractivity contribution is 7.47. The maximum absolute atomic E-state index is 12.7. The minimum Gasteiger partial charge on any atom is -0.480 e. The van der Waals surface area contributed by atoms with Crippen molar-refractivity contribution in [3.8, 4) is 0 Å². The SMILES string of the molecule is CC/C=C\C/C=C\C/C=C\C/C=C\C/C=C\CCCCCCCCCC(=O)OC(COCCCCCCCCC/C=C\C/C=C\C/C=C\CCCCC)COP(=O)(O)OCC(N)C(=O)O. The van der Waals surface area contributed by atoms with Gasteiger partial charge >= 0.3 is 19.8 Å². The van der Waals surface area contributed by atoms with Crippen LogP contribution < -0.4 is 5.73 Å². The third-order valence-electron chi connectivity index (χ3n) is 10.3. The third-order valence-corrected chi connectivity index (χ3v) is 11.3. The number of rotatable bonds is 47. The van der Waals surface area contributed by atoms with E-state index in [9.17, 15) is 19.0 Å². The van der Waals surface area contributed by atoms with Crippen LogP contribution in [-0.4, -0.2) is 60.5 Å². The number of carboxylic acids is 1. The van der Waals surface area contributed by atoms with Gasteiger partial charge in [-0.2, -0.15) is 0 Å². The zero-order valence-electron chi connectivity index (χ0n) is 40.8. The summed E-state index contributed by atoms with van der Waals surface area (Å²) in [5, 5.41) is 8.93. The van der Waals surface area contributed by atoms with Crippen LogP contribution in [0.25, 0.3) is 0 Å². The van der Waals surface area contributed by atoms with Gasteiger partial charge in [0.25, 0.3) is 0 Å². The van der Waals surface area contributed by atoms with Crippen molar-refractivity contribution in [1.82, 2.24) is 0 Å². The van der Waals surface area contributed by atoms with Gasteiger partial charge in [-0.1, -0.05) is 188 Å². The average Bonchev–Trinajstić information content (AvgIpc) is 3.29. The molecule has 0 heterocycles. The van der Waals surface area contributed by atoms with E-state index in [2.05, 4.69) is 111 Å². The minimum absolute atomic E-state index is 0.000512. The van der Waals surface area contributed by atoms with Gasteiger partial charge in [0.1, 0.15) is 12.1 Å². The van der Waals surface area contributed by atoms with E-state index in [1.807, 2.05) is 0 Å². The quantitative estimate of drug-likeness (QED) is 0.0232. The molecule has 3 unspecified atom stereocenters. The van der Waals surface area contributed by atoms with Crippen LogP contribution in [0.3, 0.4) is 0 Å². The highest BCUT2D eigenvalue weighted by atomic mass is 31.2. The highest BCUT2D eigenvalue weighted by Crippen LogP contribution is 2.43. The van der Waals surface area contributed by atoms with Crippen molar-refractivity contribution in [3.05, 3.63) is 97.2 Å². The first-order valence-corrected chi connectivity index (χ1v) is 26.8. The molecular weight excluding hydrogens is 838 g/mol. The lowest BCUT2D eigenvalue weighted by molar-refractivity contribution is -0.154. The maximum Gasteiger partial charge on any atom is 0.472 e. The van der Waals surface area contributed by atoms with Gasteiger partial charge in [0, 0.05) is 13.0 Å². The van der Waals surface area contributed by atoms with Crippen molar-refractivity contribution in [3.63, 3.8) is 0 Å². The van der Waals surface area contributed by atoms with Crippen molar-refractivity contribution in [1.29, 1.82) is 0 Å². The van der Waals surface area contributed by atoms with Gasteiger partial charge < -0.3 is 25.2 Å². The third kappa shape index (κ3) is 48.6. The first-order chi connectivity index (χ1) is 31.7. The lowest BCUT2D eigenvalue weighted by Gasteiger charge is -2.20. The Labute approximate surface area is 396 Å². The van der Waals surface area contributed by atoms with Crippen molar-refractivity contribution in [2.75, 3.05) is 26.4 Å². The summed E-state index contributed by atoms with van der Waals surface area (Å²) in [6.45, 7) is 3.70. The maximum atomic E-state index is 12.7. The second-order valence-electron chi connectivity index (χ2n) is 16.6. The molecular formula is C54H92NO9P. The number of carbonyl (C=O) groups is 2. The number of unbranched alkanes of at least 4 members (excludes halogenated alkanes) is 17. The second kappa shape index (κ2) is 48.8. The van der Waals surface area contributed by atoms with Crippen molar-refractivity contribution in [2.24, 2.45) is 5.73 Å². The fraction of sp³-hybridized carbons (Fsp3) is 0.667. The Morgan fingerprint density at radius 3 is 1.34 bits per heavy atom. The Morgan fingerprint density at radius 1 is 0.508 bits per heavy atom. The van der Waals surface area contributed by atoms with Gasteiger partial charge in [0.05, 0.1) is 19.8 Å². The number of allylic oxidation sites excluding steroid dienone is 16. The van der Waals surface area contributed by atoms with E-state index < -0.39 is 45.1 Å². The van der Waals surface area contributed by atoms with Crippen LogP contribution >= 0.6 is 7.82 Å². The van der Waals surface area contributed by atoms with Gasteiger partial charge in [-0.25, -0.2) is 4.57 Å². The summed E-state index contributed by atoms with van der Waals surface area (Å²) in [4.78, 5) is 33.7. The zero-order chi connectivity index (χ0) is 47.6. The molecule has 0 fully saturated rings. The summed E-state index contributed by atoms with van der Waals surface area (Å²) in [5.74, 6) is -1.80. The largest absolute Gasteiger partial charge is 0.480 e. The number of ether oxygens (including phenoxy) is 2. The number of carbonyl (C=O) groups excluding carboxylic acids is 1. The number of hydrogen-bond acceptors (Lipinski definition) is 8. The lowest BCUT2D eigenvalue weighted by atomic mass is 10.1. The fourth-order valence-corrected chi connectivity index (χ4v) is 7.24. The molecule has 0 saturated carbocycles. The molecule has 0 aromatic rings. The van der Waals surface area contributed by atoms with Crippen LogP contribution in [-0.2, 0) is 32.7 Å². The van der Waals surface area contributed by atoms with Crippen LogP contribution in [0.15, 0.2) is 97.2 Å². The first kappa shape index (κ1) is 61.9. The Balaban J connectivity index is 4.23. The normalized spacial score (nSPS) is 14.5. The van der Waals surface area contributed by atoms with E-state index in [0.29, 0.717) is 13.0 Å². The summed E-state index contributed by atoms with van der Waals surface area (Å²) >= 11 is 0. The fourth-order valence-electron chi connectivity index (χ4n) is 6.46. The molecule has 0 aliphatic rings. The Bertz CT molecular complexity index is 1400. The number of phosphoric ester groups is 1. The summed E-state index contributed by atoms with van der Waals surface area (Å²) in [6, 6.07) is -1.48. The van der Waals surface area contributed by atoms with Crippen LogP contribution in [0.2, 0.25) is 0 Å². The molecule has 0 radical (unpaired) electrons. The topological polar surface area (TPSA) is 155 Å². The van der Waals surface area contributed by atoms with Crippen molar-refractivity contribution < 1.29 is 42.7 Å². The number of aliphatic carboxylic acids is 1. The van der Waals surface area contributed by atoms with Gasteiger partial charge in [-0.05, 0) is 96.3 Å². The predicted molar refractivity (Wildman–Crippen MR) is 272 cm³/mol. The van der Waals surface area contributed by atoms with Crippen LogP contribution in [0.1, 0.15) is 194 Å². The zero-order valence-corrected chi connectivity index (χ0v) is 41.7. The molecule has 0 aliphatic heterocycles. The van der Waals surface area contributed by atoms with E-state index in [-0.39, 0.29) is 13.0 Å². The highest BCUT2D eigenvalue weighted by Gasteiger charge is 2.27. The van der Waals surface area contributed by atoms with E-state index in [1.54, 1.807) is 0 Å². The Kier molecular flexibility index (Phi) is 46.5. The van der Waals surface area contributed by atoms with Gasteiger partial charge in [-0.15, -0.1) is 0 Å². The summed E-state index contributed by atoms with van der Waals surface area (Å²) < 4.78 is 33.5. The van der Waals surface area contributed by atoms with E-state index in [0.717, 1.165) is 96.3 Å². The molecule has 0 amide bonds. The molecule has 65 heavy (non-hydrogen) atoms. The predicted octanol–water partition coefficient (Wildman–Crippen LogP) is 14.9. The molecule has 10 nitrogen and oxygen atoms in total. The van der Waals surface area contributed by atoms with Gasteiger partial charge in [0.2, 0.25) is 0 Å². The van der Waals surface area contributed by atoms with Crippen LogP contribution in [0.4, 0.5) is 0 Å². The van der Waals surface area contributed by atoms with Crippen LogP contribution in [0, 0.1) is 0 Å². The number of esters is 1. The second-order valence-corrected chi connectivity index (χ2v) is 18.0. The monoisotopic (exact) mass is 930 g/mol. The smallest absolute Gasteiger partial charge is 0.472 e. The Morgan fingerprint density at radius 2 is 0.892 bits per heavy atom. The minimum atomic E-state index is -4.64. The average molecular weight is 930 g/mol. The number of carboxylic acid groups (broad SMARTS) is 1. The molecule has 0 aromatic carbocycles. The van der Waals surface area contributed by atoms with E-state index >= 15 is 0 Å². The number of phosphoric acid groups is 1. The number of nitrogens with two attached hydrogens (primary N) is 1.